The Morgan fingerprint density at radius 1 is 1.41 bits per heavy atom. The van der Waals surface area contributed by atoms with E-state index in [-0.39, 0.29) is 18.3 Å². The molecule has 1 amide bonds. The predicted molar refractivity (Wildman–Crippen MR) is 64.2 cm³/mol. The van der Waals surface area contributed by atoms with Gasteiger partial charge < -0.3 is 14.7 Å². The molecular formula is C11H16ClN3O2. The van der Waals surface area contributed by atoms with Crippen LogP contribution in [0.3, 0.4) is 0 Å². The van der Waals surface area contributed by atoms with Gasteiger partial charge in [0.05, 0.1) is 0 Å². The highest BCUT2D eigenvalue weighted by molar-refractivity contribution is 5.92. The molecule has 5 nitrogen and oxygen atoms in total. The molecule has 17 heavy (non-hydrogen) atoms. The van der Waals surface area contributed by atoms with Gasteiger partial charge in [0.2, 0.25) is 0 Å². The van der Waals surface area contributed by atoms with Gasteiger partial charge in [0.15, 0.2) is 5.69 Å². The van der Waals surface area contributed by atoms with E-state index in [9.17, 15) is 4.79 Å². The van der Waals surface area contributed by atoms with Gasteiger partial charge in [-0.3, -0.25) is 4.79 Å². The first-order valence-electron chi connectivity index (χ1n) is 5.78. The lowest BCUT2D eigenvalue weighted by atomic mass is 10.1. The van der Waals surface area contributed by atoms with E-state index in [1.54, 1.807) is 6.07 Å². The zero-order valence-electron chi connectivity index (χ0n) is 9.46. The topological polar surface area (TPSA) is 58.4 Å². The Bertz CT molecular complexity index is 382. The van der Waals surface area contributed by atoms with E-state index in [0.29, 0.717) is 17.8 Å². The molecule has 6 heteroatoms. The molecule has 2 atom stereocenters. The molecule has 0 aromatic carbocycles. The van der Waals surface area contributed by atoms with Gasteiger partial charge in [0, 0.05) is 31.2 Å². The number of fused-ring (bicyclic) bond motifs is 2. The summed E-state index contributed by atoms with van der Waals surface area (Å²) in [5, 5.41) is 7.24. The van der Waals surface area contributed by atoms with Crippen molar-refractivity contribution in [3.63, 3.8) is 0 Å². The number of nitrogens with zero attached hydrogens (tertiary/aromatic N) is 2. The zero-order valence-corrected chi connectivity index (χ0v) is 10.3. The quantitative estimate of drug-likeness (QED) is 0.818. The highest BCUT2D eigenvalue weighted by Crippen LogP contribution is 2.21. The molecule has 2 aliphatic rings. The minimum atomic E-state index is -0.0110. The highest BCUT2D eigenvalue weighted by Gasteiger charge is 2.31. The molecular weight excluding hydrogens is 242 g/mol. The average molecular weight is 258 g/mol. The number of likely N-dealkylation sites (tertiary alicyclic amines) is 1. The van der Waals surface area contributed by atoms with Gasteiger partial charge in [-0.15, -0.1) is 12.4 Å². The Kier molecular flexibility index (Phi) is 3.69. The van der Waals surface area contributed by atoms with Crippen LogP contribution in [0.4, 0.5) is 0 Å². The summed E-state index contributed by atoms with van der Waals surface area (Å²) in [5.41, 5.74) is 0.415. The van der Waals surface area contributed by atoms with Crippen molar-refractivity contribution in [1.29, 1.82) is 0 Å². The van der Waals surface area contributed by atoms with Gasteiger partial charge in [0.25, 0.3) is 5.91 Å². The first kappa shape index (κ1) is 12.4. The zero-order chi connectivity index (χ0) is 11.0. The van der Waals surface area contributed by atoms with E-state index in [1.807, 2.05) is 4.90 Å². The Morgan fingerprint density at radius 2 is 2.24 bits per heavy atom. The van der Waals surface area contributed by atoms with E-state index >= 15 is 0 Å². The lowest BCUT2D eigenvalue weighted by Gasteiger charge is -2.23. The Labute approximate surface area is 106 Å². The van der Waals surface area contributed by atoms with Crippen LogP contribution in [0.25, 0.3) is 0 Å². The maximum absolute atomic E-state index is 12.1. The number of aromatic nitrogens is 1. The molecule has 1 aromatic heterocycles. The molecule has 2 unspecified atom stereocenters. The van der Waals surface area contributed by atoms with Crippen LogP contribution in [0.2, 0.25) is 0 Å². The van der Waals surface area contributed by atoms with E-state index in [2.05, 4.69) is 10.5 Å². The smallest absolute Gasteiger partial charge is 0.276 e. The van der Waals surface area contributed by atoms with Crippen molar-refractivity contribution < 1.29 is 9.32 Å². The molecule has 2 fully saturated rings. The number of rotatable bonds is 1. The lowest BCUT2D eigenvalue weighted by Crippen LogP contribution is -2.39. The van der Waals surface area contributed by atoms with E-state index < -0.39 is 0 Å². The van der Waals surface area contributed by atoms with Gasteiger partial charge in [-0.1, -0.05) is 5.16 Å². The molecule has 0 aliphatic carbocycles. The molecule has 0 spiro atoms. The molecule has 0 radical (unpaired) electrons. The first-order valence-corrected chi connectivity index (χ1v) is 5.78. The van der Waals surface area contributed by atoms with Crippen LogP contribution >= 0.6 is 12.4 Å². The van der Waals surface area contributed by atoms with E-state index in [1.165, 1.54) is 19.1 Å². The van der Waals surface area contributed by atoms with Crippen molar-refractivity contribution in [1.82, 2.24) is 15.4 Å². The third-order valence-corrected chi connectivity index (χ3v) is 3.47. The van der Waals surface area contributed by atoms with Crippen LogP contribution in [-0.2, 0) is 0 Å². The molecule has 94 valence electrons. The van der Waals surface area contributed by atoms with Crippen molar-refractivity contribution in [2.45, 2.75) is 31.3 Å². The second-order valence-corrected chi connectivity index (χ2v) is 4.56. The minimum absolute atomic E-state index is 0. The predicted octanol–water partition coefficient (Wildman–Crippen LogP) is 1.06. The Balaban J connectivity index is 0.00000108. The summed E-state index contributed by atoms with van der Waals surface area (Å²) in [4.78, 5) is 13.9. The summed E-state index contributed by atoms with van der Waals surface area (Å²) in [5.74, 6) is -0.0110. The number of carbonyl (C=O) groups excluding carboxylic acids is 1. The fourth-order valence-corrected chi connectivity index (χ4v) is 2.61. The minimum Gasteiger partial charge on any atom is -0.364 e. The largest absolute Gasteiger partial charge is 0.364 e. The third kappa shape index (κ3) is 2.45. The molecule has 3 rings (SSSR count). The molecule has 1 aromatic rings. The molecule has 3 heterocycles. The van der Waals surface area contributed by atoms with Crippen LogP contribution in [0.1, 0.15) is 29.8 Å². The van der Waals surface area contributed by atoms with Crippen LogP contribution < -0.4 is 5.32 Å². The number of carbonyl (C=O) groups is 1. The van der Waals surface area contributed by atoms with Crippen LogP contribution in [0.15, 0.2) is 16.9 Å². The molecule has 0 saturated carbocycles. The summed E-state index contributed by atoms with van der Waals surface area (Å²) in [6, 6.07) is 2.68. The summed E-state index contributed by atoms with van der Waals surface area (Å²) < 4.78 is 4.71. The fraction of sp³-hybridized carbons (Fsp3) is 0.636. The molecule has 2 aliphatic heterocycles. The maximum Gasteiger partial charge on any atom is 0.276 e. The van der Waals surface area contributed by atoms with E-state index in [0.717, 1.165) is 19.5 Å². The van der Waals surface area contributed by atoms with Gasteiger partial charge in [0.1, 0.15) is 6.26 Å². The summed E-state index contributed by atoms with van der Waals surface area (Å²) in [6.45, 7) is 1.61. The SMILES string of the molecule is Cl.O=C(c1ccon1)N1CCC2CCC(C1)N2. The van der Waals surface area contributed by atoms with Gasteiger partial charge in [-0.05, 0) is 19.3 Å². The number of nitrogens with one attached hydrogen (secondary N) is 1. The highest BCUT2D eigenvalue weighted by atomic mass is 35.5. The molecule has 2 bridgehead atoms. The third-order valence-electron chi connectivity index (χ3n) is 3.47. The summed E-state index contributed by atoms with van der Waals surface area (Å²) in [6.07, 6.45) is 4.90. The number of hydrogen-bond donors (Lipinski definition) is 1. The Hall–Kier alpha value is -1.07. The van der Waals surface area contributed by atoms with E-state index in [4.69, 9.17) is 4.52 Å². The van der Waals surface area contributed by atoms with Crippen molar-refractivity contribution >= 4 is 18.3 Å². The first-order chi connectivity index (χ1) is 7.83. The second kappa shape index (κ2) is 5.06. The van der Waals surface area contributed by atoms with Crippen molar-refractivity contribution in [3.8, 4) is 0 Å². The summed E-state index contributed by atoms with van der Waals surface area (Å²) in [7, 11) is 0. The lowest BCUT2D eigenvalue weighted by molar-refractivity contribution is 0.0737. The van der Waals surface area contributed by atoms with Gasteiger partial charge in [-0.2, -0.15) is 0 Å². The molecule has 2 saturated heterocycles. The Morgan fingerprint density at radius 3 is 3.00 bits per heavy atom. The van der Waals surface area contributed by atoms with Gasteiger partial charge in [-0.25, -0.2) is 0 Å². The fourth-order valence-electron chi connectivity index (χ4n) is 2.61. The number of amides is 1. The van der Waals surface area contributed by atoms with Crippen molar-refractivity contribution in [3.05, 3.63) is 18.0 Å². The average Bonchev–Trinajstić information content (AvgIpc) is 2.87. The van der Waals surface area contributed by atoms with Crippen LogP contribution in [0, 0.1) is 0 Å². The van der Waals surface area contributed by atoms with Gasteiger partial charge >= 0.3 is 0 Å². The van der Waals surface area contributed by atoms with Crippen LogP contribution in [-0.4, -0.2) is 41.1 Å². The monoisotopic (exact) mass is 257 g/mol. The standard InChI is InChI=1S/C11H15N3O2.ClH/c15-11(10-4-6-16-13-10)14-5-3-8-1-2-9(7-14)12-8;/h4,6,8-9,12H,1-3,5,7H2;1H. The van der Waals surface area contributed by atoms with Crippen molar-refractivity contribution in [2.24, 2.45) is 0 Å². The molecule has 1 N–H and O–H groups in total. The second-order valence-electron chi connectivity index (χ2n) is 4.56. The summed E-state index contributed by atoms with van der Waals surface area (Å²) >= 11 is 0. The van der Waals surface area contributed by atoms with Crippen molar-refractivity contribution in [2.75, 3.05) is 13.1 Å². The maximum atomic E-state index is 12.1. The van der Waals surface area contributed by atoms with Crippen LogP contribution in [0.5, 0.6) is 0 Å². The normalized spacial score (nSPS) is 27.4. The number of hydrogen-bond acceptors (Lipinski definition) is 4. The number of halogens is 1.